The molecule has 0 aliphatic heterocycles. The molecule has 0 fully saturated rings. The van der Waals surface area contributed by atoms with Crippen molar-refractivity contribution >= 4 is 11.8 Å². The SMILES string of the molecule is COc1ccc(NC(=O)OC(C)(C)C)c(CNO)c1. The van der Waals surface area contributed by atoms with Crippen molar-refractivity contribution in [1.29, 1.82) is 0 Å². The minimum Gasteiger partial charge on any atom is -0.497 e. The number of anilines is 1. The smallest absolute Gasteiger partial charge is 0.412 e. The van der Waals surface area contributed by atoms with Gasteiger partial charge in [-0.25, -0.2) is 10.3 Å². The van der Waals surface area contributed by atoms with Crippen LogP contribution in [0.4, 0.5) is 10.5 Å². The summed E-state index contributed by atoms with van der Waals surface area (Å²) in [5, 5.41) is 11.4. The highest BCUT2D eigenvalue weighted by Gasteiger charge is 2.17. The zero-order valence-electron chi connectivity index (χ0n) is 11.6. The zero-order valence-corrected chi connectivity index (χ0v) is 11.6. The number of amides is 1. The van der Waals surface area contributed by atoms with Gasteiger partial charge in [-0.15, -0.1) is 0 Å². The number of nitrogens with one attached hydrogen (secondary N) is 2. The quantitative estimate of drug-likeness (QED) is 0.731. The summed E-state index contributed by atoms with van der Waals surface area (Å²) < 4.78 is 10.3. The molecule has 6 nitrogen and oxygen atoms in total. The first-order valence-electron chi connectivity index (χ1n) is 5.89. The molecule has 0 bridgehead atoms. The van der Waals surface area contributed by atoms with Crippen LogP contribution >= 0.6 is 0 Å². The topological polar surface area (TPSA) is 79.8 Å². The first-order valence-corrected chi connectivity index (χ1v) is 5.89. The number of hydrogen-bond donors (Lipinski definition) is 3. The Labute approximate surface area is 112 Å². The van der Waals surface area contributed by atoms with Crippen LogP contribution in [0.15, 0.2) is 18.2 Å². The number of rotatable bonds is 4. The van der Waals surface area contributed by atoms with Crippen LogP contribution in [0.5, 0.6) is 5.75 Å². The highest BCUT2D eigenvalue weighted by molar-refractivity contribution is 5.86. The van der Waals surface area contributed by atoms with Gasteiger partial charge in [0, 0.05) is 12.2 Å². The molecular weight excluding hydrogens is 248 g/mol. The van der Waals surface area contributed by atoms with Crippen LogP contribution in [0.25, 0.3) is 0 Å². The molecule has 0 aliphatic carbocycles. The van der Waals surface area contributed by atoms with Gasteiger partial charge in [-0.05, 0) is 44.5 Å². The Balaban J connectivity index is 2.84. The highest BCUT2D eigenvalue weighted by atomic mass is 16.6. The lowest BCUT2D eigenvalue weighted by molar-refractivity contribution is 0.0635. The van der Waals surface area contributed by atoms with Crippen LogP contribution in [0.3, 0.4) is 0 Å². The Morgan fingerprint density at radius 3 is 2.58 bits per heavy atom. The van der Waals surface area contributed by atoms with Gasteiger partial charge in [0.1, 0.15) is 11.4 Å². The summed E-state index contributed by atoms with van der Waals surface area (Å²) in [7, 11) is 1.55. The zero-order chi connectivity index (χ0) is 14.5. The van der Waals surface area contributed by atoms with Gasteiger partial charge in [-0.1, -0.05) is 0 Å². The second-order valence-corrected chi connectivity index (χ2v) is 4.98. The minimum atomic E-state index is -0.564. The molecule has 0 saturated heterocycles. The predicted octanol–water partition coefficient (Wildman–Crippen LogP) is 2.52. The van der Waals surface area contributed by atoms with Gasteiger partial charge < -0.3 is 14.7 Å². The molecule has 0 saturated carbocycles. The molecule has 0 aliphatic rings. The summed E-state index contributed by atoms with van der Waals surface area (Å²) in [6, 6.07) is 5.12. The van der Waals surface area contributed by atoms with Crippen molar-refractivity contribution in [3.05, 3.63) is 23.8 Å². The molecule has 1 aromatic rings. The van der Waals surface area contributed by atoms with Crippen LogP contribution in [0.1, 0.15) is 26.3 Å². The van der Waals surface area contributed by atoms with Crippen LogP contribution < -0.4 is 15.5 Å². The average Bonchev–Trinajstić information content (AvgIpc) is 2.29. The van der Waals surface area contributed by atoms with Crippen LogP contribution in [0.2, 0.25) is 0 Å². The van der Waals surface area contributed by atoms with Gasteiger partial charge in [-0.2, -0.15) is 0 Å². The first-order chi connectivity index (χ1) is 8.85. The van der Waals surface area contributed by atoms with Crippen molar-refractivity contribution in [2.45, 2.75) is 32.9 Å². The van der Waals surface area contributed by atoms with Gasteiger partial charge in [0.25, 0.3) is 0 Å². The molecule has 3 N–H and O–H groups in total. The molecule has 0 unspecified atom stereocenters. The summed E-state index contributed by atoms with van der Waals surface area (Å²) in [5.41, 5.74) is 2.73. The lowest BCUT2D eigenvalue weighted by Crippen LogP contribution is -2.27. The number of hydrogen-bond acceptors (Lipinski definition) is 5. The van der Waals surface area contributed by atoms with E-state index in [2.05, 4.69) is 5.32 Å². The molecule has 1 rings (SSSR count). The Kier molecular flexibility index (Phi) is 5.14. The third-order valence-electron chi connectivity index (χ3n) is 2.22. The van der Waals surface area contributed by atoms with E-state index in [0.717, 1.165) is 0 Å². The Bertz CT molecular complexity index is 441. The number of methoxy groups -OCH3 is 1. The van der Waals surface area contributed by atoms with E-state index in [1.165, 1.54) is 0 Å². The molecule has 6 heteroatoms. The van der Waals surface area contributed by atoms with E-state index in [0.29, 0.717) is 17.0 Å². The van der Waals surface area contributed by atoms with Crippen molar-refractivity contribution in [2.24, 2.45) is 0 Å². The summed E-state index contributed by atoms with van der Waals surface area (Å²) in [6.45, 7) is 5.55. The fourth-order valence-corrected chi connectivity index (χ4v) is 1.46. The average molecular weight is 268 g/mol. The fourth-order valence-electron chi connectivity index (χ4n) is 1.46. The van der Waals surface area contributed by atoms with Crippen LogP contribution in [0, 0.1) is 0 Å². The summed E-state index contributed by atoms with van der Waals surface area (Å²) in [4.78, 5) is 11.7. The normalized spacial score (nSPS) is 11.0. The predicted molar refractivity (Wildman–Crippen MR) is 71.5 cm³/mol. The molecule has 0 atom stereocenters. The number of ether oxygens (including phenoxy) is 2. The van der Waals surface area contributed by atoms with E-state index in [9.17, 15) is 4.79 Å². The van der Waals surface area contributed by atoms with E-state index < -0.39 is 11.7 Å². The first kappa shape index (κ1) is 15.3. The third-order valence-corrected chi connectivity index (χ3v) is 2.22. The van der Waals surface area contributed by atoms with Crippen molar-refractivity contribution in [3.8, 4) is 5.75 Å². The van der Waals surface area contributed by atoms with Gasteiger partial charge in [-0.3, -0.25) is 5.32 Å². The second-order valence-electron chi connectivity index (χ2n) is 4.98. The molecular formula is C13H20N2O4. The summed E-state index contributed by atoms with van der Waals surface area (Å²) in [5.74, 6) is 0.639. The summed E-state index contributed by atoms with van der Waals surface area (Å²) in [6.07, 6.45) is -0.545. The molecule has 0 heterocycles. The number of hydroxylamine groups is 1. The molecule has 1 aromatic carbocycles. The third kappa shape index (κ3) is 5.15. The maximum atomic E-state index is 11.7. The number of carbonyl (C=O) groups excluding carboxylic acids is 1. The van der Waals surface area contributed by atoms with Gasteiger partial charge in [0.05, 0.1) is 7.11 Å². The Morgan fingerprint density at radius 2 is 2.05 bits per heavy atom. The monoisotopic (exact) mass is 268 g/mol. The molecule has 106 valence electrons. The van der Waals surface area contributed by atoms with E-state index in [4.69, 9.17) is 14.7 Å². The van der Waals surface area contributed by atoms with E-state index in [-0.39, 0.29) is 6.54 Å². The maximum Gasteiger partial charge on any atom is 0.412 e. The largest absolute Gasteiger partial charge is 0.497 e. The van der Waals surface area contributed by atoms with Gasteiger partial charge in [0.15, 0.2) is 0 Å². The molecule has 1 amide bonds. The van der Waals surface area contributed by atoms with Gasteiger partial charge >= 0.3 is 6.09 Å². The number of carbonyl (C=O) groups is 1. The molecule has 19 heavy (non-hydrogen) atoms. The lowest BCUT2D eigenvalue weighted by Gasteiger charge is -2.20. The maximum absolute atomic E-state index is 11.7. The lowest BCUT2D eigenvalue weighted by atomic mass is 10.1. The van der Waals surface area contributed by atoms with E-state index in [1.54, 1.807) is 46.1 Å². The molecule has 0 spiro atoms. The molecule has 0 radical (unpaired) electrons. The van der Waals surface area contributed by atoms with Crippen molar-refractivity contribution < 1.29 is 19.5 Å². The second kappa shape index (κ2) is 6.40. The minimum absolute atomic E-state index is 0.183. The fraction of sp³-hybridized carbons (Fsp3) is 0.462. The molecule has 0 aromatic heterocycles. The Hall–Kier alpha value is -1.79. The Morgan fingerprint density at radius 1 is 1.37 bits per heavy atom. The highest BCUT2D eigenvalue weighted by Crippen LogP contribution is 2.22. The van der Waals surface area contributed by atoms with E-state index in [1.807, 2.05) is 5.48 Å². The van der Waals surface area contributed by atoms with Gasteiger partial charge in [0.2, 0.25) is 0 Å². The summed E-state index contributed by atoms with van der Waals surface area (Å²) >= 11 is 0. The van der Waals surface area contributed by atoms with Crippen LogP contribution in [-0.2, 0) is 11.3 Å². The van der Waals surface area contributed by atoms with Crippen molar-refractivity contribution in [2.75, 3.05) is 12.4 Å². The van der Waals surface area contributed by atoms with Crippen molar-refractivity contribution in [1.82, 2.24) is 5.48 Å². The van der Waals surface area contributed by atoms with Crippen LogP contribution in [-0.4, -0.2) is 24.0 Å². The van der Waals surface area contributed by atoms with Crippen molar-refractivity contribution in [3.63, 3.8) is 0 Å². The standard InChI is InChI=1S/C13H20N2O4/c1-13(2,3)19-12(16)15-11-6-5-10(18-4)7-9(11)8-14-17/h5-7,14,17H,8H2,1-4H3,(H,15,16). The number of benzene rings is 1. The van der Waals surface area contributed by atoms with E-state index >= 15 is 0 Å².